The molecule has 0 atom stereocenters. The highest BCUT2D eigenvalue weighted by atomic mass is 16.2. The van der Waals surface area contributed by atoms with Crippen LogP contribution in [0.2, 0.25) is 0 Å². The van der Waals surface area contributed by atoms with Crippen LogP contribution in [0, 0.1) is 0 Å². The van der Waals surface area contributed by atoms with Gasteiger partial charge in [-0.05, 0) is 34.4 Å². The summed E-state index contributed by atoms with van der Waals surface area (Å²) < 4.78 is 0. The van der Waals surface area contributed by atoms with E-state index in [9.17, 15) is 4.79 Å². The van der Waals surface area contributed by atoms with Gasteiger partial charge in [0.05, 0.1) is 0 Å². The number of nitrogens with one attached hydrogen (secondary N) is 2. The summed E-state index contributed by atoms with van der Waals surface area (Å²) in [5.41, 5.74) is 8.72. The van der Waals surface area contributed by atoms with Crippen LogP contribution in [0.3, 0.4) is 0 Å². The van der Waals surface area contributed by atoms with Gasteiger partial charge in [0.25, 0.3) is 5.91 Å². The molecule has 1 fully saturated rings. The number of carbonyl (C=O) groups excluding carboxylic acids is 1. The lowest BCUT2D eigenvalue weighted by molar-refractivity contribution is -0.116. The van der Waals surface area contributed by atoms with Gasteiger partial charge in [-0.15, -0.1) is 0 Å². The third-order valence-electron chi connectivity index (χ3n) is 3.67. The van der Waals surface area contributed by atoms with Crippen LogP contribution in [0.4, 0.5) is 0 Å². The molecule has 2 N–H and O–H groups in total. The second-order valence-corrected chi connectivity index (χ2v) is 5.09. The Balaban J connectivity index is 2.13. The molecule has 0 spiro atoms. The molecule has 1 aliphatic rings. The molecule has 3 rings (SSSR count). The van der Waals surface area contributed by atoms with Crippen molar-refractivity contribution in [3.63, 3.8) is 0 Å². The number of amides is 1. The quantitative estimate of drug-likeness (QED) is 0.839. The van der Waals surface area contributed by atoms with Gasteiger partial charge in [-0.25, -0.2) is 5.43 Å². The van der Waals surface area contributed by atoms with Gasteiger partial charge >= 0.3 is 0 Å². The number of fused-ring (bicyclic) bond motifs is 1. The van der Waals surface area contributed by atoms with Crippen molar-refractivity contribution in [1.29, 1.82) is 0 Å². The fourth-order valence-electron chi connectivity index (χ4n) is 2.68. The third kappa shape index (κ3) is 2.32. The number of hydrazine groups is 1. The van der Waals surface area contributed by atoms with Gasteiger partial charge in [-0.1, -0.05) is 49.7 Å². The van der Waals surface area contributed by atoms with E-state index in [2.05, 4.69) is 48.1 Å². The minimum Gasteiger partial charge on any atom is -0.287 e. The Kier molecular flexibility index (Phi) is 3.52. The molecular weight excluding hydrogens is 248 g/mol. The number of rotatable bonds is 3. The average Bonchev–Trinajstić information content (AvgIpc) is 2.87. The third-order valence-corrected chi connectivity index (χ3v) is 3.67. The molecule has 0 aliphatic carbocycles. The predicted octanol–water partition coefficient (Wildman–Crippen LogP) is 2.81. The van der Waals surface area contributed by atoms with E-state index in [1.807, 2.05) is 12.1 Å². The molecular formula is C17H18N2O. The van der Waals surface area contributed by atoms with Crippen molar-refractivity contribution >= 4 is 22.8 Å². The molecule has 2 aromatic carbocycles. The van der Waals surface area contributed by atoms with Gasteiger partial charge in [0.15, 0.2) is 0 Å². The standard InChI is InChI=1S/C17H18N2O/c1-2-5-12-8-9-13(10-14-11-18-19-17(14)20)16-7-4-3-6-15(12)16/h3-4,6-10,18H,2,5,11H2,1H3,(H,19,20)/b14-10+. The number of hydrogen-bond acceptors (Lipinski definition) is 2. The number of benzene rings is 2. The maximum atomic E-state index is 11.6. The minimum atomic E-state index is -0.0354. The Morgan fingerprint density at radius 2 is 1.95 bits per heavy atom. The first-order chi connectivity index (χ1) is 9.79. The summed E-state index contributed by atoms with van der Waals surface area (Å²) in [6, 6.07) is 12.7. The van der Waals surface area contributed by atoms with E-state index in [4.69, 9.17) is 0 Å². The summed E-state index contributed by atoms with van der Waals surface area (Å²) in [5.74, 6) is -0.0354. The highest BCUT2D eigenvalue weighted by Gasteiger charge is 2.16. The van der Waals surface area contributed by atoms with Crippen molar-refractivity contribution in [3.8, 4) is 0 Å². The Hall–Kier alpha value is -2.13. The first kappa shape index (κ1) is 12.9. The fraction of sp³-hybridized carbons (Fsp3) is 0.235. The van der Waals surface area contributed by atoms with E-state index in [1.165, 1.54) is 16.3 Å². The summed E-state index contributed by atoms with van der Waals surface area (Å²) in [6.07, 6.45) is 4.20. The fourth-order valence-corrected chi connectivity index (χ4v) is 2.68. The first-order valence-corrected chi connectivity index (χ1v) is 7.04. The molecule has 0 saturated carbocycles. The highest BCUT2D eigenvalue weighted by Crippen LogP contribution is 2.25. The summed E-state index contributed by atoms with van der Waals surface area (Å²) in [5, 5.41) is 2.50. The van der Waals surface area contributed by atoms with E-state index in [0.717, 1.165) is 24.0 Å². The number of carbonyl (C=O) groups is 1. The van der Waals surface area contributed by atoms with Crippen molar-refractivity contribution in [1.82, 2.24) is 10.9 Å². The van der Waals surface area contributed by atoms with Gasteiger partial charge in [0, 0.05) is 12.1 Å². The van der Waals surface area contributed by atoms with Crippen molar-refractivity contribution < 1.29 is 4.79 Å². The Bertz CT molecular complexity index is 688. The van der Waals surface area contributed by atoms with Crippen molar-refractivity contribution in [3.05, 3.63) is 53.1 Å². The van der Waals surface area contributed by atoms with Gasteiger partial charge in [-0.2, -0.15) is 0 Å². The molecule has 0 aromatic heterocycles. The lowest BCUT2D eigenvalue weighted by atomic mass is 9.96. The average molecular weight is 266 g/mol. The summed E-state index contributed by atoms with van der Waals surface area (Å²) >= 11 is 0. The maximum absolute atomic E-state index is 11.6. The molecule has 1 amide bonds. The molecule has 3 heteroatoms. The molecule has 20 heavy (non-hydrogen) atoms. The van der Waals surface area contributed by atoms with Crippen LogP contribution < -0.4 is 10.9 Å². The topological polar surface area (TPSA) is 41.1 Å². The Morgan fingerprint density at radius 1 is 1.15 bits per heavy atom. The smallest absolute Gasteiger partial charge is 0.262 e. The van der Waals surface area contributed by atoms with Crippen molar-refractivity contribution in [2.45, 2.75) is 19.8 Å². The zero-order chi connectivity index (χ0) is 13.9. The SMILES string of the molecule is CCCc1ccc(/C=C2\CNNC2=O)c2ccccc12. The number of aryl methyl sites for hydroxylation is 1. The van der Waals surface area contributed by atoms with Crippen LogP contribution >= 0.6 is 0 Å². The number of hydrogen-bond donors (Lipinski definition) is 2. The highest BCUT2D eigenvalue weighted by molar-refractivity contribution is 6.02. The van der Waals surface area contributed by atoms with Crippen LogP contribution in [-0.2, 0) is 11.2 Å². The molecule has 2 aromatic rings. The minimum absolute atomic E-state index is 0.0354. The van der Waals surface area contributed by atoms with Crippen LogP contribution in [0.5, 0.6) is 0 Å². The van der Waals surface area contributed by atoms with Crippen LogP contribution in [-0.4, -0.2) is 12.5 Å². The predicted molar refractivity (Wildman–Crippen MR) is 82.1 cm³/mol. The lowest BCUT2D eigenvalue weighted by Gasteiger charge is -2.09. The van der Waals surface area contributed by atoms with Crippen molar-refractivity contribution in [2.24, 2.45) is 0 Å². The van der Waals surface area contributed by atoms with Gasteiger partial charge < -0.3 is 0 Å². The van der Waals surface area contributed by atoms with Gasteiger partial charge in [0.1, 0.15) is 0 Å². The monoisotopic (exact) mass is 266 g/mol. The zero-order valence-electron chi connectivity index (χ0n) is 11.6. The summed E-state index contributed by atoms with van der Waals surface area (Å²) in [7, 11) is 0. The molecule has 0 radical (unpaired) electrons. The largest absolute Gasteiger partial charge is 0.287 e. The second kappa shape index (κ2) is 5.47. The van der Waals surface area contributed by atoms with Crippen LogP contribution in [0.1, 0.15) is 24.5 Å². The molecule has 0 unspecified atom stereocenters. The van der Waals surface area contributed by atoms with Gasteiger partial charge in [-0.3, -0.25) is 10.2 Å². The van der Waals surface area contributed by atoms with E-state index >= 15 is 0 Å². The van der Waals surface area contributed by atoms with E-state index in [1.54, 1.807) is 0 Å². The molecule has 1 saturated heterocycles. The Labute approximate surface area is 118 Å². The molecule has 102 valence electrons. The normalized spacial score (nSPS) is 16.9. The van der Waals surface area contributed by atoms with Gasteiger partial charge in [0.2, 0.25) is 0 Å². The zero-order valence-corrected chi connectivity index (χ0v) is 11.6. The van der Waals surface area contributed by atoms with E-state index < -0.39 is 0 Å². The van der Waals surface area contributed by atoms with Crippen LogP contribution in [0.15, 0.2) is 42.0 Å². The first-order valence-electron chi connectivity index (χ1n) is 7.04. The molecule has 0 bridgehead atoms. The Morgan fingerprint density at radius 3 is 2.65 bits per heavy atom. The second-order valence-electron chi connectivity index (χ2n) is 5.09. The summed E-state index contributed by atoms with van der Waals surface area (Å²) in [6.45, 7) is 2.77. The van der Waals surface area contributed by atoms with E-state index in [0.29, 0.717) is 6.54 Å². The van der Waals surface area contributed by atoms with Crippen molar-refractivity contribution in [2.75, 3.05) is 6.54 Å². The van der Waals surface area contributed by atoms with E-state index in [-0.39, 0.29) is 5.91 Å². The molecule has 3 nitrogen and oxygen atoms in total. The maximum Gasteiger partial charge on any atom is 0.262 e. The molecule has 1 heterocycles. The van der Waals surface area contributed by atoms with Crippen LogP contribution in [0.25, 0.3) is 16.8 Å². The summed E-state index contributed by atoms with van der Waals surface area (Å²) in [4.78, 5) is 11.6. The lowest BCUT2D eigenvalue weighted by Crippen LogP contribution is -2.25. The molecule has 1 aliphatic heterocycles.